The van der Waals surface area contributed by atoms with Crippen molar-refractivity contribution in [3.8, 4) is 0 Å². The molecule has 9 heteroatoms. The van der Waals surface area contributed by atoms with Crippen LogP contribution in [0.3, 0.4) is 0 Å². The highest BCUT2D eigenvalue weighted by Crippen LogP contribution is 2.30. The molecule has 4 rings (SSSR count). The van der Waals surface area contributed by atoms with E-state index in [2.05, 4.69) is 22.5 Å². The second kappa shape index (κ2) is 11.2. The largest absolute Gasteiger partial charge is 0.371 e. The Labute approximate surface area is 214 Å². The molecule has 1 saturated heterocycles. The van der Waals surface area contributed by atoms with Gasteiger partial charge in [-0.05, 0) is 54.7 Å². The van der Waals surface area contributed by atoms with Gasteiger partial charge in [-0.15, -0.1) is 0 Å². The van der Waals surface area contributed by atoms with Crippen molar-refractivity contribution in [3.63, 3.8) is 0 Å². The molecule has 0 aliphatic carbocycles. The minimum absolute atomic E-state index is 0.0471. The van der Waals surface area contributed by atoms with Crippen molar-refractivity contribution >= 4 is 40.5 Å². The third-order valence-corrected chi connectivity index (χ3v) is 6.64. The minimum atomic E-state index is -0.636. The van der Waals surface area contributed by atoms with Crippen LogP contribution in [0.15, 0.2) is 66.7 Å². The number of carbonyl (C=O) groups excluding carboxylic acids is 2. The van der Waals surface area contributed by atoms with Gasteiger partial charge in [0.2, 0.25) is 0 Å². The molecule has 8 nitrogen and oxygen atoms in total. The predicted molar refractivity (Wildman–Crippen MR) is 141 cm³/mol. The van der Waals surface area contributed by atoms with Crippen LogP contribution in [-0.2, 0) is 6.54 Å². The number of halogens is 1. The van der Waals surface area contributed by atoms with E-state index in [0.29, 0.717) is 23.7 Å². The zero-order valence-corrected chi connectivity index (χ0v) is 20.6. The summed E-state index contributed by atoms with van der Waals surface area (Å²) in [5.41, 5.74) is 2.41. The Hall–Kier alpha value is -3.91. The van der Waals surface area contributed by atoms with Gasteiger partial charge in [-0.25, -0.2) is 0 Å². The van der Waals surface area contributed by atoms with Gasteiger partial charge in [-0.1, -0.05) is 48.9 Å². The number of carbonyl (C=O) groups is 2. The molecule has 1 aliphatic heterocycles. The first-order chi connectivity index (χ1) is 17.3. The maximum absolute atomic E-state index is 13.3. The van der Waals surface area contributed by atoms with Crippen molar-refractivity contribution in [2.75, 3.05) is 23.3 Å². The van der Waals surface area contributed by atoms with Gasteiger partial charge in [0, 0.05) is 42.6 Å². The minimum Gasteiger partial charge on any atom is -0.371 e. The summed E-state index contributed by atoms with van der Waals surface area (Å²) in [6.07, 6.45) is 2.08. The van der Waals surface area contributed by atoms with E-state index in [-0.39, 0.29) is 22.2 Å². The van der Waals surface area contributed by atoms with Gasteiger partial charge in [0.25, 0.3) is 17.5 Å². The molecular weight excluding hydrogens is 480 g/mol. The fraction of sp³-hybridized carbons (Fsp3) is 0.259. The molecule has 0 bridgehead atoms. The van der Waals surface area contributed by atoms with E-state index in [1.165, 1.54) is 12.1 Å². The highest BCUT2D eigenvalue weighted by atomic mass is 35.5. The Morgan fingerprint density at radius 1 is 1.03 bits per heavy atom. The van der Waals surface area contributed by atoms with Gasteiger partial charge < -0.3 is 15.5 Å². The van der Waals surface area contributed by atoms with Crippen molar-refractivity contribution in [3.05, 3.63) is 98.6 Å². The second-order valence-electron chi connectivity index (χ2n) is 8.95. The van der Waals surface area contributed by atoms with Crippen LogP contribution in [0.4, 0.5) is 17.1 Å². The SMILES string of the molecule is CC1CCN(c2ccc(NC(=O)c3ccc(Cl)c([N+](=O)[O-])c3)cc2C(=O)NCc2ccccc2)CC1. The first-order valence-electron chi connectivity index (χ1n) is 11.8. The van der Waals surface area contributed by atoms with Crippen molar-refractivity contribution in [2.24, 2.45) is 5.92 Å². The Balaban J connectivity index is 1.58. The van der Waals surface area contributed by atoms with Crippen molar-refractivity contribution in [2.45, 2.75) is 26.3 Å². The molecule has 0 saturated carbocycles. The number of nitro benzene ring substituents is 1. The van der Waals surface area contributed by atoms with E-state index in [1.807, 2.05) is 36.4 Å². The average Bonchev–Trinajstić information content (AvgIpc) is 2.88. The number of nitrogens with one attached hydrogen (secondary N) is 2. The molecule has 1 heterocycles. The van der Waals surface area contributed by atoms with Crippen LogP contribution in [0.2, 0.25) is 5.02 Å². The summed E-state index contributed by atoms with van der Waals surface area (Å²) in [6, 6.07) is 18.7. The Morgan fingerprint density at radius 2 is 1.75 bits per heavy atom. The van der Waals surface area contributed by atoms with Crippen LogP contribution in [0.5, 0.6) is 0 Å². The molecule has 0 atom stereocenters. The third kappa shape index (κ3) is 6.01. The number of nitrogens with zero attached hydrogens (tertiary/aromatic N) is 2. The van der Waals surface area contributed by atoms with Crippen LogP contribution in [0.25, 0.3) is 0 Å². The van der Waals surface area contributed by atoms with E-state index < -0.39 is 10.8 Å². The first kappa shape index (κ1) is 25.2. The molecule has 0 unspecified atom stereocenters. The molecule has 0 aromatic heterocycles. The summed E-state index contributed by atoms with van der Waals surface area (Å²) >= 11 is 5.86. The number of hydrogen-bond donors (Lipinski definition) is 2. The third-order valence-electron chi connectivity index (χ3n) is 6.32. The Morgan fingerprint density at radius 3 is 2.44 bits per heavy atom. The van der Waals surface area contributed by atoms with Gasteiger partial charge in [0.15, 0.2) is 0 Å². The zero-order valence-electron chi connectivity index (χ0n) is 19.9. The number of nitro groups is 1. The first-order valence-corrected chi connectivity index (χ1v) is 12.2. The van der Waals surface area contributed by atoms with E-state index in [1.54, 1.807) is 12.1 Å². The number of benzene rings is 3. The predicted octanol–water partition coefficient (Wildman–Crippen LogP) is 5.67. The molecule has 36 heavy (non-hydrogen) atoms. The van der Waals surface area contributed by atoms with Gasteiger partial charge in [-0.2, -0.15) is 0 Å². The van der Waals surface area contributed by atoms with E-state index >= 15 is 0 Å². The van der Waals surface area contributed by atoms with Crippen LogP contribution in [0, 0.1) is 16.0 Å². The summed E-state index contributed by atoms with van der Waals surface area (Å²) in [5.74, 6) is -0.144. The lowest BCUT2D eigenvalue weighted by Crippen LogP contribution is -2.35. The number of rotatable bonds is 7. The van der Waals surface area contributed by atoms with Gasteiger partial charge in [0.1, 0.15) is 5.02 Å². The van der Waals surface area contributed by atoms with Crippen molar-refractivity contribution in [1.82, 2.24) is 5.32 Å². The zero-order chi connectivity index (χ0) is 25.7. The summed E-state index contributed by atoms with van der Waals surface area (Å²) in [6.45, 7) is 4.30. The second-order valence-corrected chi connectivity index (χ2v) is 9.35. The number of piperidine rings is 1. The Bertz CT molecular complexity index is 1270. The standard InChI is InChI=1S/C27H27ClN4O4/c1-18-11-13-31(14-12-18)24-10-8-21(16-22(24)27(34)29-17-19-5-3-2-4-6-19)30-26(33)20-7-9-23(28)25(15-20)32(35)36/h2-10,15-16,18H,11-14,17H2,1H3,(H,29,34)(H,30,33). The summed E-state index contributed by atoms with van der Waals surface area (Å²) < 4.78 is 0. The lowest BCUT2D eigenvalue weighted by molar-refractivity contribution is -0.384. The molecule has 2 N–H and O–H groups in total. The highest BCUT2D eigenvalue weighted by molar-refractivity contribution is 6.32. The summed E-state index contributed by atoms with van der Waals surface area (Å²) in [4.78, 5) is 38.8. The molecule has 0 spiro atoms. The molecule has 1 aliphatic rings. The quantitative estimate of drug-likeness (QED) is 0.317. The molecule has 2 amide bonds. The fourth-order valence-electron chi connectivity index (χ4n) is 4.19. The highest BCUT2D eigenvalue weighted by Gasteiger charge is 2.22. The number of amides is 2. The Kier molecular flexibility index (Phi) is 7.85. The molecule has 0 radical (unpaired) electrons. The van der Waals surface area contributed by atoms with E-state index in [0.717, 1.165) is 43.2 Å². The average molecular weight is 507 g/mol. The smallest absolute Gasteiger partial charge is 0.288 e. The number of hydrogen-bond acceptors (Lipinski definition) is 5. The van der Waals surface area contributed by atoms with E-state index in [9.17, 15) is 19.7 Å². The van der Waals surface area contributed by atoms with Crippen LogP contribution in [0.1, 0.15) is 46.0 Å². The fourth-order valence-corrected chi connectivity index (χ4v) is 4.38. The molecule has 1 fully saturated rings. The van der Waals surface area contributed by atoms with Gasteiger partial charge >= 0.3 is 0 Å². The monoisotopic (exact) mass is 506 g/mol. The summed E-state index contributed by atoms with van der Waals surface area (Å²) in [7, 11) is 0. The lowest BCUT2D eigenvalue weighted by atomic mass is 9.97. The van der Waals surface area contributed by atoms with E-state index in [4.69, 9.17) is 11.6 Å². The molecule has 3 aromatic carbocycles. The topological polar surface area (TPSA) is 105 Å². The van der Waals surface area contributed by atoms with Crippen LogP contribution >= 0.6 is 11.6 Å². The van der Waals surface area contributed by atoms with Crippen molar-refractivity contribution < 1.29 is 14.5 Å². The van der Waals surface area contributed by atoms with Gasteiger partial charge in [-0.3, -0.25) is 19.7 Å². The number of anilines is 2. The summed E-state index contributed by atoms with van der Waals surface area (Å²) in [5, 5.41) is 16.9. The maximum atomic E-state index is 13.3. The van der Waals surface area contributed by atoms with Crippen molar-refractivity contribution in [1.29, 1.82) is 0 Å². The van der Waals surface area contributed by atoms with Gasteiger partial charge in [0.05, 0.1) is 10.5 Å². The molecule has 186 valence electrons. The molecule has 3 aromatic rings. The normalized spacial score (nSPS) is 13.8. The molecular formula is C27H27ClN4O4. The van der Waals surface area contributed by atoms with Crippen LogP contribution in [-0.4, -0.2) is 29.8 Å². The lowest BCUT2D eigenvalue weighted by Gasteiger charge is -2.33. The van der Waals surface area contributed by atoms with Crippen LogP contribution < -0.4 is 15.5 Å². The maximum Gasteiger partial charge on any atom is 0.288 e.